The van der Waals surface area contributed by atoms with Crippen molar-refractivity contribution in [3.63, 3.8) is 0 Å². The van der Waals surface area contributed by atoms with Crippen LogP contribution in [0.3, 0.4) is 0 Å². The minimum absolute atomic E-state index is 0.0188. The predicted molar refractivity (Wildman–Crippen MR) is 101 cm³/mol. The van der Waals surface area contributed by atoms with Gasteiger partial charge in [-0.05, 0) is 35.7 Å². The standard InChI is InChI=1S/C19H18ClN3O3/c1-10(2)13-7-14(17(25)8-16(13)24)18-15(9-21-23-18)22-19(26)11-4-3-5-12(20)6-11/h3-10,24-25H,1-2H3,(H,21,23)(H,22,26). The molecule has 0 saturated heterocycles. The monoisotopic (exact) mass is 371 g/mol. The van der Waals surface area contributed by atoms with Gasteiger partial charge in [-0.2, -0.15) is 5.10 Å². The first-order chi connectivity index (χ1) is 12.4. The number of benzene rings is 2. The number of phenols is 2. The van der Waals surface area contributed by atoms with E-state index >= 15 is 0 Å². The Bertz CT molecular complexity index is 966. The normalized spacial score (nSPS) is 10.9. The van der Waals surface area contributed by atoms with Crippen molar-refractivity contribution in [2.75, 3.05) is 5.32 Å². The summed E-state index contributed by atoms with van der Waals surface area (Å²) >= 11 is 5.93. The number of phenolic OH excluding ortho intramolecular Hbond substituents is 2. The fraction of sp³-hybridized carbons (Fsp3) is 0.158. The van der Waals surface area contributed by atoms with Gasteiger partial charge >= 0.3 is 0 Å². The van der Waals surface area contributed by atoms with Crippen LogP contribution in [-0.2, 0) is 0 Å². The van der Waals surface area contributed by atoms with E-state index < -0.39 is 0 Å². The van der Waals surface area contributed by atoms with E-state index in [4.69, 9.17) is 11.6 Å². The van der Waals surface area contributed by atoms with E-state index in [1.165, 1.54) is 12.3 Å². The summed E-state index contributed by atoms with van der Waals surface area (Å²) in [5, 5.41) is 30.2. The average Bonchev–Trinajstić information content (AvgIpc) is 3.02. The molecule has 0 aliphatic carbocycles. The molecule has 26 heavy (non-hydrogen) atoms. The molecule has 7 heteroatoms. The predicted octanol–water partition coefficient (Wildman–Crippen LogP) is 4.52. The molecule has 1 amide bonds. The van der Waals surface area contributed by atoms with Crippen LogP contribution in [0.2, 0.25) is 5.02 Å². The molecule has 1 heterocycles. The van der Waals surface area contributed by atoms with Crippen LogP contribution in [0.4, 0.5) is 5.69 Å². The number of carbonyl (C=O) groups excluding carboxylic acids is 1. The quantitative estimate of drug-likeness (QED) is 0.542. The van der Waals surface area contributed by atoms with Crippen LogP contribution in [0.25, 0.3) is 11.3 Å². The highest BCUT2D eigenvalue weighted by Gasteiger charge is 2.18. The number of nitrogens with one attached hydrogen (secondary N) is 2. The number of halogens is 1. The molecule has 0 saturated carbocycles. The van der Waals surface area contributed by atoms with E-state index in [-0.39, 0.29) is 23.3 Å². The van der Waals surface area contributed by atoms with Crippen LogP contribution in [-0.4, -0.2) is 26.3 Å². The van der Waals surface area contributed by atoms with Gasteiger partial charge in [-0.25, -0.2) is 0 Å². The van der Waals surface area contributed by atoms with Crippen LogP contribution in [0.15, 0.2) is 42.6 Å². The molecule has 0 radical (unpaired) electrons. The van der Waals surface area contributed by atoms with E-state index in [0.717, 1.165) is 0 Å². The first kappa shape index (κ1) is 17.8. The third-order valence-electron chi connectivity index (χ3n) is 4.01. The van der Waals surface area contributed by atoms with Crippen molar-refractivity contribution in [3.8, 4) is 22.8 Å². The summed E-state index contributed by atoms with van der Waals surface area (Å²) in [6, 6.07) is 9.55. The lowest BCUT2D eigenvalue weighted by molar-refractivity contribution is 0.102. The zero-order valence-corrected chi connectivity index (χ0v) is 15.0. The van der Waals surface area contributed by atoms with Crippen LogP contribution in [0.1, 0.15) is 35.7 Å². The second-order valence-electron chi connectivity index (χ2n) is 6.21. The molecular formula is C19H18ClN3O3. The molecule has 2 aromatic carbocycles. The van der Waals surface area contributed by atoms with Crippen molar-refractivity contribution >= 4 is 23.2 Å². The Morgan fingerprint density at radius 3 is 2.65 bits per heavy atom. The number of aromatic hydroxyl groups is 2. The molecule has 0 spiro atoms. The zero-order chi connectivity index (χ0) is 18.8. The van der Waals surface area contributed by atoms with E-state index in [0.29, 0.717) is 33.1 Å². The fourth-order valence-electron chi connectivity index (χ4n) is 2.67. The van der Waals surface area contributed by atoms with Crippen molar-refractivity contribution in [1.82, 2.24) is 10.2 Å². The minimum Gasteiger partial charge on any atom is -0.508 e. The summed E-state index contributed by atoms with van der Waals surface area (Å²) in [6.07, 6.45) is 1.46. The third-order valence-corrected chi connectivity index (χ3v) is 4.25. The van der Waals surface area contributed by atoms with Crippen molar-refractivity contribution < 1.29 is 15.0 Å². The fourth-order valence-corrected chi connectivity index (χ4v) is 2.86. The number of carbonyl (C=O) groups is 1. The molecule has 0 aliphatic rings. The van der Waals surface area contributed by atoms with Crippen LogP contribution in [0, 0.1) is 0 Å². The Morgan fingerprint density at radius 2 is 1.96 bits per heavy atom. The maximum absolute atomic E-state index is 12.4. The molecular weight excluding hydrogens is 354 g/mol. The molecule has 0 fully saturated rings. The second kappa shape index (κ2) is 7.09. The van der Waals surface area contributed by atoms with E-state index in [1.54, 1.807) is 30.3 Å². The number of anilines is 1. The van der Waals surface area contributed by atoms with Gasteiger partial charge in [-0.3, -0.25) is 9.89 Å². The first-order valence-corrected chi connectivity index (χ1v) is 8.41. The lowest BCUT2D eigenvalue weighted by Crippen LogP contribution is -2.12. The Labute approximate surface area is 155 Å². The topological polar surface area (TPSA) is 98.2 Å². The van der Waals surface area contributed by atoms with Gasteiger partial charge in [-0.15, -0.1) is 0 Å². The summed E-state index contributed by atoms with van der Waals surface area (Å²) < 4.78 is 0. The van der Waals surface area contributed by atoms with Gasteiger partial charge in [0.2, 0.25) is 0 Å². The van der Waals surface area contributed by atoms with Crippen LogP contribution in [0.5, 0.6) is 11.5 Å². The zero-order valence-electron chi connectivity index (χ0n) is 14.2. The van der Waals surface area contributed by atoms with Crippen molar-refractivity contribution in [3.05, 3.63) is 58.7 Å². The van der Waals surface area contributed by atoms with E-state index in [9.17, 15) is 15.0 Å². The van der Waals surface area contributed by atoms with Gasteiger partial charge in [0.15, 0.2) is 0 Å². The maximum atomic E-state index is 12.4. The number of aromatic nitrogens is 2. The van der Waals surface area contributed by atoms with Crippen molar-refractivity contribution in [1.29, 1.82) is 0 Å². The van der Waals surface area contributed by atoms with Gasteiger partial charge in [-0.1, -0.05) is 31.5 Å². The largest absolute Gasteiger partial charge is 0.508 e. The van der Waals surface area contributed by atoms with Gasteiger partial charge < -0.3 is 15.5 Å². The Morgan fingerprint density at radius 1 is 1.19 bits per heavy atom. The molecule has 3 rings (SSSR count). The van der Waals surface area contributed by atoms with Gasteiger partial charge in [0.1, 0.15) is 11.5 Å². The van der Waals surface area contributed by atoms with Gasteiger partial charge in [0, 0.05) is 22.2 Å². The number of rotatable bonds is 4. The summed E-state index contributed by atoms with van der Waals surface area (Å²) in [5.74, 6) is -0.390. The first-order valence-electron chi connectivity index (χ1n) is 8.03. The van der Waals surface area contributed by atoms with E-state index in [1.807, 2.05) is 13.8 Å². The maximum Gasteiger partial charge on any atom is 0.255 e. The van der Waals surface area contributed by atoms with Crippen LogP contribution >= 0.6 is 11.6 Å². The average molecular weight is 372 g/mol. The number of hydrogen-bond acceptors (Lipinski definition) is 4. The molecule has 4 N–H and O–H groups in total. The Hall–Kier alpha value is -2.99. The van der Waals surface area contributed by atoms with E-state index in [2.05, 4.69) is 15.5 Å². The summed E-state index contributed by atoms with van der Waals surface area (Å²) in [4.78, 5) is 12.4. The highest BCUT2D eigenvalue weighted by atomic mass is 35.5. The number of nitrogens with zero attached hydrogens (tertiary/aromatic N) is 1. The highest BCUT2D eigenvalue weighted by molar-refractivity contribution is 6.31. The summed E-state index contributed by atoms with van der Waals surface area (Å²) in [7, 11) is 0. The highest BCUT2D eigenvalue weighted by Crippen LogP contribution is 2.39. The molecule has 1 aromatic heterocycles. The Balaban J connectivity index is 1.97. The number of aromatic amines is 1. The summed E-state index contributed by atoms with van der Waals surface area (Å²) in [5.41, 5.74) is 2.37. The van der Waals surface area contributed by atoms with Gasteiger partial charge in [0.25, 0.3) is 5.91 Å². The smallest absolute Gasteiger partial charge is 0.255 e. The molecule has 3 aromatic rings. The lowest BCUT2D eigenvalue weighted by Gasteiger charge is -2.13. The second-order valence-corrected chi connectivity index (χ2v) is 6.64. The number of hydrogen-bond donors (Lipinski definition) is 4. The number of H-pyrrole nitrogens is 1. The molecule has 0 unspecified atom stereocenters. The molecule has 0 bridgehead atoms. The summed E-state index contributed by atoms with van der Waals surface area (Å²) in [6.45, 7) is 3.87. The van der Waals surface area contributed by atoms with Crippen LogP contribution < -0.4 is 5.32 Å². The third kappa shape index (κ3) is 3.50. The van der Waals surface area contributed by atoms with Crippen molar-refractivity contribution in [2.45, 2.75) is 19.8 Å². The molecule has 134 valence electrons. The minimum atomic E-state index is -0.350. The lowest BCUT2D eigenvalue weighted by atomic mass is 9.97. The SMILES string of the molecule is CC(C)c1cc(-c2[nH]ncc2NC(=O)c2cccc(Cl)c2)c(O)cc1O. The molecule has 0 atom stereocenters. The molecule has 6 nitrogen and oxygen atoms in total. The Kier molecular flexibility index (Phi) is 4.86. The number of amides is 1. The van der Waals surface area contributed by atoms with Crippen molar-refractivity contribution in [2.24, 2.45) is 0 Å². The van der Waals surface area contributed by atoms with Gasteiger partial charge in [0.05, 0.1) is 17.6 Å². The molecule has 0 aliphatic heterocycles.